The second kappa shape index (κ2) is 4.09. The minimum Gasteiger partial charge on any atom is -0.396 e. The van der Waals surface area contributed by atoms with Gasteiger partial charge in [-0.25, -0.2) is 0 Å². The van der Waals surface area contributed by atoms with Gasteiger partial charge in [0.05, 0.1) is 0 Å². The molecule has 2 heteroatoms. The summed E-state index contributed by atoms with van der Waals surface area (Å²) < 4.78 is 0. The van der Waals surface area contributed by atoms with Crippen molar-refractivity contribution in [2.75, 3.05) is 20.7 Å². The third-order valence-electron chi connectivity index (χ3n) is 0.623. The van der Waals surface area contributed by atoms with Crippen LogP contribution in [0.15, 0.2) is 0 Å². The summed E-state index contributed by atoms with van der Waals surface area (Å²) in [5, 5.41) is 8.26. The first-order valence-electron chi connectivity index (χ1n) is 2.38. The Bertz CT molecular complexity index is 37.1. The molecule has 0 atom stereocenters. The highest BCUT2D eigenvalue weighted by atomic mass is 16.3. The summed E-state index contributed by atoms with van der Waals surface area (Å²) in [5.41, 5.74) is 0. The van der Waals surface area contributed by atoms with E-state index in [1.807, 2.05) is 25.5 Å². The molecular weight excluding hydrogens is 90.1 g/mol. The molecule has 0 spiro atoms. The molecule has 0 aromatic carbocycles. The summed E-state index contributed by atoms with van der Waals surface area (Å²) in [4.78, 5) is 1.93. The zero-order chi connectivity index (χ0) is 5.70. The van der Waals surface area contributed by atoms with Crippen molar-refractivity contribution in [3.05, 3.63) is 6.54 Å². The van der Waals surface area contributed by atoms with Gasteiger partial charge in [-0.05, 0) is 20.5 Å². The molecule has 0 rings (SSSR count). The molecule has 0 aliphatic carbocycles. The van der Waals surface area contributed by atoms with Crippen molar-refractivity contribution in [1.82, 2.24) is 4.90 Å². The molecule has 0 unspecified atom stereocenters. The van der Waals surface area contributed by atoms with E-state index in [1.54, 1.807) is 0 Å². The Morgan fingerprint density at radius 2 is 2.14 bits per heavy atom. The summed E-state index contributed by atoms with van der Waals surface area (Å²) in [6.07, 6.45) is 0.757. The fraction of sp³-hybridized carbons (Fsp3) is 0.800. The Kier molecular flexibility index (Phi) is 4.04. The number of hydrogen-bond donors (Lipinski definition) is 1. The lowest BCUT2D eigenvalue weighted by Crippen LogP contribution is -2.07. The van der Waals surface area contributed by atoms with Gasteiger partial charge < -0.3 is 10.0 Å². The summed E-state index contributed by atoms with van der Waals surface area (Å²) in [5.74, 6) is 0. The lowest BCUT2D eigenvalue weighted by molar-refractivity contribution is 0.283. The zero-order valence-electron chi connectivity index (χ0n) is 4.89. The van der Waals surface area contributed by atoms with E-state index in [1.165, 1.54) is 0 Å². The second-order valence-corrected chi connectivity index (χ2v) is 1.66. The van der Waals surface area contributed by atoms with Crippen molar-refractivity contribution in [2.24, 2.45) is 0 Å². The SMILES string of the molecule is CN(C)[CH]CCO. The van der Waals surface area contributed by atoms with Gasteiger partial charge >= 0.3 is 0 Å². The lowest BCUT2D eigenvalue weighted by atomic mass is 10.4. The monoisotopic (exact) mass is 102 g/mol. The Labute approximate surface area is 44.8 Å². The van der Waals surface area contributed by atoms with Gasteiger partial charge in [0.25, 0.3) is 0 Å². The van der Waals surface area contributed by atoms with E-state index in [4.69, 9.17) is 5.11 Å². The topological polar surface area (TPSA) is 23.5 Å². The van der Waals surface area contributed by atoms with Crippen LogP contribution in [0.1, 0.15) is 6.42 Å². The van der Waals surface area contributed by atoms with Gasteiger partial charge in [-0.3, -0.25) is 0 Å². The van der Waals surface area contributed by atoms with E-state index in [9.17, 15) is 0 Å². The molecule has 43 valence electrons. The number of aliphatic hydroxyl groups is 1. The van der Waals surface area contributed by atoms with Gasteiger partial charge in [0.2, 0.25) is 0 Å². The summed E-state index contributed by atoms with van der Waals surface area (Å²) in [7, 11) is 3.88. The van der Waals surface area contributed by atoms with Crippen molar-refractivity contribution in [1.29, 1.82) is 0 Å². The first kappa shape index (κ1) is 6.92. The predicted octanol–water partition coefficient (Wildman–Crippen LogP) is 0.0922. The average Bonchev–Trinajstić information content (AvgIpc) is 1.61. The molecular formula is C5H12NO. The van der Waals surface area contributed by atoms with E-state index in [2.05, 4.69) is 0 Å². The highest BCUT2D eigenvalue weighted by Gasteiger charge is 1.85. The third kappa shape index (κ3) is 5.92. The van der Waals surface area contributed by atoms with Gasteiger partial charge in [0, 0.05) is 13.2 Å². The van der Waals surface area contributed by atoms with E-state index >= 15 is 0 Å². The van der Waals surface area contributed by atoms with Crippen LogP contribution in [-0.2, 0) is 0 Å². The minimum absolute atomic E-state index is 0.248. The molecule has 0 aliphatic rings. The highest BCUT2D eigenvalue weighted by Crippen LogP contribution is 1.85. The van der Waals surface area contributed by atoms with E-state index < -0.39 is 0 Å². The molecule has 0 aliphatic heterocycles. The van der Waals surface area contributed by atoms with Crippen LogP contribution >= 0.6 is 0 Å². The van der Waals surface area contributed by atoms with Crippen LogP contribution < -0.4 is 0 Å². The summed E-state index contributed by atoms with van der Waals surface area (Å²) in [6, 6.07) is 0. The van der Waals surface area contributed by atoms with Gasteiger partial charge in [-0.2, -0.15) is 0 Å². The zero-order valence-corrected chi connectivity index (χ0v) is 4.89. The van der Waals surface area contributed by atoms with Crippen LogP contribution in [0.2, 0.25) is 0 Å². The van der Waals surface area contributed by atoms with Crippen LogP contribution in [0.3, 0.4) is 0 Å². The van der Waals surface area contributed by atoms with Crippen LogP contribution in [-0.4, -0.2) is 30.7 Å². The first-order chi connectivity index (χ1) is 3.27. The maximum absolute atomic E-state index is 8.26. The molecule has 1 N–H and O–H groups in total. The Morgan fingerprint density at radius 1 is 1.57 bits per heavy atom. The molecule has 0 bridgehead atoms. The van der Waals surface area contributed by atoms with Crippen molar-refractivity contribution >= 4 is 0 Å². The number of rotatable bonds is 3. The van der Waals surface area contributed by atoms with Gasteiger partial charge in [0.1, 0.15) is 0 Å². The molecule has 1 radical (unpaired) electrons. The van der Waals surface area contributed by atoms with E-state index in [-0.39, 0.29) is 6.61 Å². The number of aliphatic hydroxyl groups excluding tert-OH is 1. The molecule has 0 fully saturated rings. The van der Waals surface area contributed by atoms with Gasteiger partial charge in [-0.15, -0.1) is 0 Å². The molecule has 7 heavy (non-hydrogen) atoms. The van der Waals surface area contributed by atoms with Crippen molar-refractivity contribution in [3.8, 4) is 0 Å². The van der Waals surface area contributed by atoms with Crippen LogP contribution in [0.25, 0.3) is 0 Å². The van der Waals surface area contributed by atoms with Gasteiger partial charge in [-0.1, -0.05) is 0 Å². The molecule has 0 aromatic heterocycles. The normalized spacial score (nSPS) is 10.3. The van der Waals surface area contributed by atoms with E-state index in [0.717, 1.165) is 6.42 Å². The molecule has 0 saturated heterocycles. The Hall–Kier alpha value is -0.0800. The van der Waals surface area contributed by atoms with Crippen LogP contribution in [0.4, 0.5) is 0 Å². The maximum Gasteiger partial charge on any atom is 0.0446 e. The predicted molar refractivity (Wildman–Crippen MR) is 29.7 cm³/mol. The van der Waals surface area contributed by atoms with E-state index in [0.29, 0.717) is 0 Å². The molecule has 0 aromatic rings. The van der Waals surface area contributed by atoms with Gasteiger partial charge in [0.15, 0.2) is 0 Å². The first-order valence-corrected chi connectivity index (χ1v) is 2.38. The second-order valence-electron chi connectivity index (χ2n) is 1.66. The Morgan fingerprint density at radius 3 is 2.29 bits per heavy atom. The maximum atomic E-state index is 8.26. The molecule has 0 heterocycles. The number of nitrogens with zero attached hydrogens (tertiary/aromatic N) is 1. The lowest BCUT2D eigenvalue weighted by Gasteiger charge is -2.04. The van der Waals surface area contributed by atoms with Crippen molar-refractivity contribution in [3.63, 3.8) is 0 Å². The fourth-order valence-corrected chi connectivity index (χ4v) is 0.316. The van der Waals surface area contributed by atoms with Crippen LogP contribution in [0, 0.1) is 6.54 Å². The Balaban J connectivity index is 2.68. The van der Waals surface area contributed by atoms with Crippen LogP contribution in [0.5, 0.6) is 0 Å². The van der Waals surface area contributed by atoms with Crippen molar-refractivity contribution in [2.45, 2.75) is 6.42 Å². The highest BCUT2D eigenvalue weighted by molar-refractivity contribution is 4.57. The molecule has 0 amide bonds. The smallest absolute Gasteiger partial charge is 0.0446 e. The number of hydrogen-bond acceptors (Lipinski definition) is 2. The third-order valence-corrected chi connectivity index (χ3v) is 0.623. The quantitative estimate of drug-likeness (QED) is 0.546. The average molecular weight is 102 g/mol. The molecule has 0 saturated carbocycles. The fourth-order valence-electron chi connectivity index (χ4n) is 0.316. The minimum atomic E-state index is 0.248. The summed E-state index contributed by atoms with van der Waals surface area (Å²) >= 11 is 0. The standard InChI is InChI=1S/C5H12NO/c1-6(2)4-3-5-7/h4,7H,3,5H2,1-2H3. The largest absolute Gasteiger partial charge is 0.396 e. The van der Waals surface area contributed by atoms with Crippen molar-refractivity contribution < 1.29 is 5.11 Å². The summed E-state index contributed by atoms with van der Waals surface area (Å²) in [6.45, 7) is 2.18. The molecule has 2 nitrogen and oxygen atoms in total.